The van der Waals surface area contributed by atoms with Gasteiger partial charge in [0.2, 0.25) is 17.7 Å². The molecule has 1 aliphatic heterocycles. The third-order valence-corrected chi connectivity index (χ3v) is 8.30. The molecule has 5 rings (SSSR count). The molecule has 0 radical (unpaired) electrons. The van der Waals surface area contributed by atoms with Gasteiger partial charge in [0.1, 0.15) is 5.82 Å². The highest BCUT2D eigenvalue weighted by Crippen LogP contribution is 2.36. The van der Waals surface area contributed by atoms with Gasteiger partial charge in [0.15, 0.2) is 0 Å². The fourth-order valence-corrected chi connectivity index (χ4v) is 6.30. The summed E-state index contributed by atoms with van der Waals surface area (Å²) in [6, 6.07) is 5.13. The summed E-state index contributed by atoms with van der Waals surface area (Å²) in [6.07, 6.45) is 15.5. The summed E-state index contributed by atoms with van der Waals surface area (Å²) in [5.41, 5.74) is 2.07. The number of pyridine rings is 1. The van der Waals surface area contributed by atoms with Gasteiger partial charge in [-0.3, -0.25) is 4.79 Å². The topological polar surface area (TPSA) is 104 Å². The van der Waals surface area contributed by atoms with Crippen LogP contribution in [0.2, 0.25) is 0 Å². The molecular weight excluding hydrogens is 466 g/mol. The van der Waals surface area contributed by atoms with Crippen LogP contribution >= 0.6 is 0 Å². The number of nitrogens with one attached hydrogen (secondary N) is 3. The van der Waals surface area contributed by atoms with Crippen LogP contribution in [-0.4, -0.2) is 64.1 Å². The van der Waals surface area contributed by atoms with Gasteiger partial charge in [0, 0.05) is 54.8 Å². The third-order valence-electron chi connectivity index (χ3n) is 8.30. The molecule has 9 heteroatoms. The van der Waals surface area contributed by atoms with Crippen LogP contribution < -0.4 is 20.7 Å². The normalized spacial score (nSPS) is 23.5. The zero-order chi connectivity index (χ0) is 25.6. The third kappa shape index (κ3) is 6.69. The number of ether oxygens (including phenoxy) is 1. The van der Waals surface area contributed by atoms with Crippen molar-refractivity contribution in [3.63, 3.8) is 0 Å². The molecule has 3 aliphatic rings. The Morgan fingerprint density at radius 2 is 1.73 bits per heavy atom. The number of likely N-dealkylation sites (tertiary alicyclic amines) is 1. The summed E-state index contributed by atoms with van der Waals surface area (Å²) in [5, 5.41) is 10.2. The number of carbonyl (C=O) groups excluding carboxylic acids is 1. The number of anilines is 3. The number of methoxy groups -OCH3 is 1. The summed E-state index contributed by atoms with van der Waals surface area (Å²) in [7, 11) is 1.61. The Hall–Kier alpha value is -2.94. The van der Waals surface area contributed by atoms with Crippen LogP contribution in [0.5, 0.6) is 5.88 Å². The molecule has 9 nitrogen and oxygen atoms in total. The van der Waals surface area contributed by atoms with Gasteiger partial charge in [-0.1, -0.05) is 12.8 Å². The van der Waals surface area contributed by atoms with Crippen molar-refractivity contribution in [2.75, 3.05) is 30.8 Å². The van der Waals surface area contributed by atoms with Crippen molar-refractivity contribution in [1.29, 1.82) is 0 Å². The molecule has 0 bridgehead atoms. The zero-order valence-electron chi connectivity index (χ0n) is 22.2. The van der Waals surface area contributed by atoms with E-state index >= 15 is 0 Å². The lowest BCUT2D eigenvalue weighted by atomic mass is 9.88. The average Bonchev–Trinajstić information content (AvgIpc) is 3.45. The smallest absolute Gasteiger partial charge is 0.229 e. The quantitative estimate of drug-likeness (QED) is 0.476. The SMILES string of the molecule is COc1cc(Nc2ncc(C3CCN(C4CCCC4)CC3)c(NC3CCC(NC(C)=O)CC3)n2)ccn1. The molecule has 0 spiro atoms. The second-order valence-corrected chi connectivity index (χ2v) is 10.9. The molecule has 2 aliphatic carbocycles. The number of nitrogens with zero attached hydrogens (tertiary/aromatic N) is 4. The lowest BCUT2D eigenvalue weighted by molar-refractivity contribution is -0.119. The van der Waals surface area contributed by atoms with Crippen molar-refractivity contribution in [3.05, 3.63) is 30.1 Å². The number of amides is 1. The molecule has 0 atom stereocenters. The van der Waals surface area contributed by atoms with E-state index in [0.29, 0.717) is 23.8 Å². The lowest BCUT2D eigenvalue weighted by Crippen LogP contribution is -2.40. The molecule has 3 N–H and O–H groups in total. The highest BCUT2D eigenvalue weighted by molar-refractivity contribution is 5.73. The van der Waals surface area contributed by atoms with Gasteiger partial charge in [0.05, 0.1) is 7.11 Å². The van der Waals surface area contributed by atoms with Gasteiger partial charge in [-0.25, -0.2) is 9.97 Å². The molecule has 37 heavy (non-hydrogen) atoms. The van der Waals surface area contributed by atoms with Crippen molar-refractivity contribution in [3.8, 4) is 5.88 Å². The minimum atomic E-state index is 0.0573. The first-order chi connectivity index (χ1) is 18.1. The van der Waals surface area contributed by atoms with Gasteiger partial charge in [0.25, 0.3) is 0 Å². The van der Waals surface area contributed by atoms with Crippen molar-refractivity contribution < 1.29 is 9.53 Å². The molecule has 3 fully saturated rings. The van der Waals surface area contributed by atoms with E-state index in [1.807, 2.05) is 18.3 Å². The van der Waals surface area contributed by atoms with Crippen LogP contribution in [0, 0.1) is 0 Å². The molecule has 0 aromatic carbocycles. The minimum Gasteiger partial charge on any atom is -0.481 e. The molecule has 200 valence electrons. The second-order valence-electron chi connectivity index (χ2n) is 10.9. The Labute approximate surface area is 220 Å². The molecule has 1 saturated heterocycles. The highest BCUT2D eigenvalue weighted by Gasteiger charge is 2.30. The van der Waals surface area contributed by atoms with Crippen molar-refractivity contribution in [2.45, 2.75) is 95.2 Å². The predicted octanol–water partition coefficient (Wildman–Crippen LogP) is 4.61. The maximum Gasteiger partial charge on any atom is 0.229 e. The van der Waals surface area contributed by atoms with Gasteiger partial charge < -0.3 is 25.6 Å². The second kappa shape index (κ2) is 12.1. The van der Waals surface area contributed by atoms with Crippen LogP contribution in [0.3, 0.4) is 0 Å². The van der Waals surface area contributed by atoms with Crippen LogP contribution in [0.1, 0.15) is 82.6 Å². The first-order valence-electron chi connectivity index (χ1n) is 14.0. The number of aromatic nitrogens is 3. The fourth-order valence-electron chi connectivity index (χ4n) is 6.30. The monoisotopic (exact) mass is 507 g/mol. The largest absolute Gasteiger partial charge is 0.481 e. The Balaban J connectivity index is 1.30. The predicted molar refractivity (Wildman–Crippen MR) is 145 cm³/mol. The summed E-state index contributed by atoms with van der Waals surface area (Å²) >= 11 is 0. The highest BCUT2D eigenvalue weighted by atomic mass is 16.5. The Morgan fingerprint density at radius 1 is 1.00 bits per heavy atom. The lowest BCUT2D eigenvalue weighted by Gasteiger charge is -2.37. The van der Waals surface area contributed by atoms with E-state index in [-0.39, 0.29) is 11.9 Å². The fraction of sp³-hybridized carbons (Fsp3) is 0.643. The minimum absolute atomic E-state index is 0.0573. The van der Waals surface area contributed by atoms with E-state index in [0.717, 1.165) is 69.2 Å². The van der Waals surface area contributed by atoms with E-state index < -0.39 is 0 Å². The zero-order valence-corrected chi connectivity index (χ0v) is 22.2. The number of carbonyl (C=O) groups is 1. The molecule has 2 aromatic rings. The van der Waals surface area contributed by atoms with Crippen molar-refractivity contribution >= 4 is 23.4 Å². The van der Waals surface area contributed by atoms with E-state index in [2.05, 4.69) is 25.8 Å². The van der Waals surface area contributed by atoms with E-state index in [4.69, 9.17) is 14.7 Å². The molecule has 1 amide bonds. The Morgan fingerprint density at radius 3 is 2.43 bits per heavy atom. The first kappa shape index (κ1) is 25.7. The maximum atomic E-state index is 11.5. The number of piperidine rings is 1. The summed E-state index contributed by atoms with van der Waals surface area (Å²) in [4.78, 5) is 28.1. The summed E-state index contributed by atoms with van der Waals surface area (Å²) in [5.74, 6) is 2.58. The molecule has 0 unspecified atom stereocenters. The van der Waals surface area contributed by atoms with E-state index in [1.54, 1.807) is 20.2 Å². The van der Waals surface area contributed by atoms with Crippen LogP contribution in [-0.2, 0) is 4.79 Å². The van der Waals surface area contributed by atoms with Crippen molar-refractivity contribution in [1.82, 2.24) is 25.2 Å². The molecule has 3 heterocycles. The van der Waals surface area contributed by atoms with Crippen LogP contribution in [0.25, 0.3) is 0 Å². The average molecular weight is 508 g/mol. The van der Waals surface area contributed by atoms with Gasteiger partial charge in [-0.15, -0.1) is 0 Å². The number of hydrogen-bond donors (Lipinski definition) is 3. The number of hydrogen-bond acceptors (Lipinski definition) is 8. The van der Waals surface area contributed by atoms with Crippen LogP contribution in [0.15, 0.2) is 24.5 Å². The standard InChI is InChI=1S/C28H41N7O2/c1-19(36)31-21-7-9-22(10-8-21)32-27-25(20-12-15-35(16-13-20)24-5-3-4-6-24)18-30-28(34-27)33-23-11-14-29-26(17-23)37-2/h11,14,17-18,20-22,24H,3-10,12-13,15-16H2,1-2H3,(H,31,36)(H2,29,30,32,33,34). The maximum absolute atomic E-state index is 11.5. The Bertz CT molecular complexity index is 1040. The van der Waals surface area contributed by atoms with E-state index in [1.165, 1.54) is 31.2 Å². The summed E-state index contributed by atoms with van der Waals surface area (Å²) in [6.45, 7) is 3.92. The molecule has 2 saturated carbocycles. The Kier molecular flexibility index (Phi) is 8.38. The molecule has 2 aromatic heterocycles. The summed E-state index contributed by atoms with van der Waals surface area (Å²) < 4.78 is 5.26. The van der Waals surface area contributed by atoms with Gasteiger partial charge >= 0.3 is 0 Å². The van der Waals surface area contributed by atoms with E-state index in [9.17, 15) is 4.79 Å². The molecular formula is C28H41N7O2. The van der Waals surface area contributed by atoms with Gasteiger partial charge in [-0.2, -0.15) is 4.98 Å². The van der Waals surface area contributed by atoms with Crippen molar-refractivity contribution in [2.24, 2.45) is 0 Å². The first-order valence-corrected chi connectivity index (χ1v) is 14.0. The number of rotatable bonds is 8. The van der Waals surface area contributed by atoms with Gasteiger partial charge in [-0.05, 0) is 76.4 Å². The van der Waals surface area contributed by atoms with Crippen LogP contribution in [0.4, 0.5) is 17.5 Å².